The second-order valence-electron chi connectivity index (χ2n) is 6.44. The number of rotatable bonds is 7. The van der Waals surface area contributed by atoms with Crippen LogP contribution in [0.1, 0.15) is 19.9 Å². The van der Waals surface area contributed by atoms with Gasteiger partial charge in [0.05, 0.1) is 10.3 Å². The maximum Gasteiger partial charge on any atom is 0.249 e. The molecule has 0 saturated carbocycles. The number of carbonyl (C=O) groups is 2. The molecule has 156 valence electrons. The zero-order valence-electron chi connectivity index (χ0n) is 16.2. The fourth-order valence-electron chi connectivity index (χ4n) is 2.48. The first-order chi connectivity index (χ1) is 14.3. The van der Waals surface area contributed by atoms with Gasteiger partial charge in [0.15, 0.2) is 0 Å². The first-order valence-corrected chi connectivity index (χ1v) is 10.6. The number of hydrogen-bond donors (Lipinski definition) is 2. The van der Waals surface area contributed by atoms with E-state index in [1.807, 2.05) is 0 Å². The molecule has 0 radical (unpaired) electrons. The molecule has 0 spiro atoms. The highest BCUT2D eigenvalue weighted by atomic mass is 35.5. The Bertz CT molecular complexity index is 1030. The first-order valence-electron chi connectivity index (χ1n) is 9.01. The molecule has 3 aromatic rings. The Morgan fingerprint density at radius 1 is 1.00 bits per heavy atom. The van der Waals surface area contributed by atoms with Crippen LogP contribution in [0.4, 0.5) is 11.4 Å². The van der Waals surface area contributed by atoms with Gasteiger partial charge in [0, 0.05) is 21.3 Å². The molecular weight excluding hydrogens is 445 g/mol. The Labute approximate surface area is 188 Å². The van der Waals surface area contributed by atoms with Crippen molar-refractivity contribution in [2.75, 3.05) is 10.6 Å². The molecule has 0 saturated heterocycles. The van der Waals surface area contributed by atoms with E-state index in [2.05, 4.69) is 20.7 Å². The maximum absolute atomic E-state index is 12.5. The number of nitrogens with zero attached hydrogens (tertiary/aromatic N) is 3. The normalized spacial score (nSPS) is 12.8. The Balaban J connectivity index is 1.56. The number of halogens is 2. The summed E-state index contributed by atoms with van der Waals surface area (Å²) in [5, 5.41) is 10.3. The molecule has 1 aromatic heterocycles. The lowest BCUT2D eigenvalue weighted by atomic mass is 10.2. The Kier molecular flexibility index (Phi) is 7.36. The van der Waals surface area contributed by atoms with E-state index in [-0.39, 0.29) is 17.1 Å². The summed E-state index contributed by atoms with van der Waals surface area (Å²) >= 11 is 13.5. The fourth-order valence-corrected chi connectivity index (χ4v) is 3.89. The minimum atomic E-state index is -0.497. The Hall–Kier alpha value is -2.55. The molecule has 1 heterocycles. The summed E-state index contributed by atoms with van der Waals surface area (Å²) in [6.45, 7) is 3.52. The second-order valence-corrected chi connectivity index (χ2v) is 8.67. The number of benzene rings is 2. The molecule has 30 heavy (non-hydrogen) atoms. The van der Waals surface area contributed by atoms with Crippen molar-refractivity contribution in [3.05, 3.63) is 65.2 Å². The zero-order chi connectivity index (χ0) is 21.7. The Morgan fingerprint density at radius 2 is 1.63 bits per heavy atom. The molecule has 0 bridgehead atoms. The number of hydrogen-bond acceptors (Lipinski definition) is 5. The van der Waals surface area contributed by atoms with Gasteiger partial charge in [0.2, 0.25) is 11.8 Å². The fraction of sp³-hybridized carbons (Fsp3) is 0.200. The molecule has 0 aliphatic rings. The summed E-state index contributed by atoms with van der Waals surface area (Å²) < 4.78 is 1.47. The van der Waals surface area contributed by atoms with E-state index in [1.165, 1.54) is 29.1 Å². The van der Waals surface area contributed by atoms with Crippen molar-refractivity contribution in [3.8, 4) is 0 Å². The van der Waals surface area contributed by atoms with E-state index in [0.29, 0.717) is 21.4 Å². The lowest BCUT2D eigenvalue weighted by Gasteiger charge is -2.14. The first kappa shape index (κ1) is 22.1. The van der Waals surface area contributed by atoms with Crippen molar-refractivity contribution >= 4 is 58.2 Å². The summed E-state index contributed by atoms with van der Waals surface area (Å²) in [4.78, 5) is 29.4. The van der Waals surface area contributed by atoms with Gasteiger partial charge in [-0.05, 0) is 56.3 Å². The maximum atomic E-state index is 12.5. The van der Waals surface area contributed by atoms with Gasteiger partial charge in [0.1, 0.15) is 18.7 Å². The number of anilines is 2. The average molecular weight is 464 g/mol. The third kappa shape index (κ3) is 5.75. The minimum Gasteiger partial charge on any atom is -0.325 e. The molecule has 7 nitrogen and oxygen atoms in total. The van der Waals surface area contributed by atoms with E-state index in [9.17, 15) is 9.59 Å². The van der Waals surface area contributed by atoms with Crippen molar-refractivity contribution < 1.29 is 9.59 Å². The monoisotopic (exact) mass is 463 g/mol. The SMILES string of the molecule is CC(Sc1cc(Cl)ccc1Cl)C(=O)Nc1ccc(NC(=O)C(C)n2cncn2)cc1. The van der Waals surface area contributed by atoms with Gasteiger partial charge in [0.25, 0.3) is 0 Å². The summed E-state index contributed by atoms with van der Waals surface area (Å²) in [7, 11) is 0. The summed E-state index contributed by atoms with van der Waals surface area (Å²) in [6, 6.07) is 11.5. The molecule has 0 aliphatic heterocycles. The summed E-state index contributed by atoms with van der Waals surface area (Å²) in [5.41, 5.74) is 1.23. The van der Waals surface area contributed by atoms with Crippen LogP contribution in [0, 0.1) is 0 Å². The van der Waals surface area contributed by atoms with Gasteiger partial charge >= 0.3 is 0 Å². The molecule has 2 aromatic carbocycles. The third-order valence-corrected chi connectivity index (χ3v) is 6.04. The molecule has 0 aliphatic carbocycles. The van der Waals surface area contributed by atoms with Crippen molar-refractivity contribution in [2.24, 2.45) is 0 Å². The molecule has 3 rings (SSSR count). The number of amides is 2. The van der Waals surface area contributed by atoms with E-state index in [4.69, 9.17) is 23.2 Å². The molecule has 2 amide bonds. The van der Waals surface area contributed by atoms with Crippen LogP contribution in [0.15, 0.2) is 60.0 Å². The average Bonchev–Trinajstić information content (AvgIpc) is 3.26. The molecule has 2 N–H and O–H groups in total. The van der Waals surface area contributed by atoms with E-state index in [1.54, 1.807) is 56.3 Å². The molecule has 10 heteroatoms. The molecule has 2 unspecified atom stereocenters. The largest absolute Gasteiger partial charge is 0.325 e. The zero-order valence-corrected chi connectivity index (χ0v) is 18.5. The topological polar surface area (TPSA) is 88.9 Å². The summed E-state index contributed by atoms with van der Waals surface area (Å²) in [5.74, 6) is -0.395. The molecule has 0 fully saturated rings. The minimum absolute atomic E-state index is 0.173. The second kappa shape index (κ2) is 9.97. The van der Waals surface area contributed by atoms with Crippen LogP contribution >= 0.6 is 35.0 Å². The lowest BCUT2D eigenvalue weighted by molar-refractivity contribution is -0.119. The highest BCUT2D eigenvalue weighted by Gasteiger charge is 2.17. The van der Waals surface area contributed by atoms with Crippen LogP contribution in [0.3, 0.4) is 0 Å². The van der Waals surface area contributed by atoms with Crippen molar-refractivity contribution in [2.45, 2.75) is 30.0 Å². The number of nitrogens with one attached hydrogen (secondary N) is 2. The number of carbonyl (C=O) groups excluding carboxylic acids is 2. The molecular formula is C20H19Cl2N5O2S. The van der Waals surface area contributed by atoms with Crippen LogP contribution in [0.2, 0.25) is 10.0 Å². The van der Waals surface area contributed by atoms with Crippen molar-refractivity contribution in [1.29, 1.82) is 0 Å². The Morgan fingerprint density at radius 3 is 2.23 bits per heavy atom. The van der Waals surface area contributed by atoms with Crippen molar-refractivity contribution in [3.63, 3.8) is 0 Å². The number of aromatic nitrogens is 3. The predicted molar refractivity (Wildman–Crippen MR) is 120 cm³/mol. The van der Waals surface area contributed by atoms with Gasteiger partial charge in [-0.1, -0.05) is 23.2 Å². The van der Waals surface area contributed by atoms with Crippen LogP contribution < -0.4 is 10.6 Å². The van der Waals surface area contributed by atoms with E-state index < -0.39 is 6.04 Å². The highest BCUT2D eigenvalue weighted by molar-refractivity contribution is 8.00. The van der Waals surface area contributed by atoms with E-state index in [0.717, 1.165) is 4.90 Å². The number of thioether (sulfide) groups is 1. The van der Waals surface area contributed by atoms with E-state index >= 15 is 0 Å². The van der Waals surface area contributed by atoms with Gasteiger partial charge in [-0.2, -0.15) is 5.10 Å². The lowest BCUT2D eigenvalue weighted by Crippen LogP contribution is -2.24. The smallest absolute Gasteiger partial charge is 0.249 e. The highest BCUT2D eigenvalue weighted by Crippen LogP contribution is 2.33. The van der Waals surface area contributed by atoms with Gasteiger partial charge < -0.3 is 10.6 Å². The summed E-state index contributed by atoms with van der Waals surface area (Å²) in [6.07, 6.45) is 2.86. The predicted octanol–water partition coefficient (Wildman–Crippen LogP) is 4.90. The van der Waals surface area contributed by atoms with Crippen molar-refractivity contribution in [1.82, 2.24) is 14.8 Å². The van der Waals surface area contributed by atoms with Crippen LogP contribution in [0.25, 0.3) is 0 Å². The quantitative estimate of drug-likeness (QED) is 0.486. The van der Waals surface area contributed by atoms with Crippen LogP contribution in [-0.4, -0.2) is 31.8 Å². The van der Waals surface area contributed by atoms with Gasteiger partial charge in [-0.3, -0.25) is 9.59 Å². The van der Waals surface area contributed by atoms with Gasteiger partial charge in [-0.15, -0.1) is 11.8 Å². The van der Waals surface area contributed by atoms with Crippen LogP contribution in [0.5, 0.6) is 0 Å². The van der Waals surface area contributed by atoms with Crippen LogP contribution in [-0.2, 0) is 9.59 Å². The standard InChI is InChI=1S/C20H19Cl2N5O2S/c1-12(27-11-23-10-24-27)19(28)25-15-4-6-16(7-5-15)26-20(29)13(2)30-18-9-14(21)3-8-17(18)22/h3-13H,1-2H3,(H,25,28)(H,26,29). The van der Waals surface area contributed by atoms with Gasteiger partial charge in [-0.25, -0.2) is 9.67 Å². The third-order valence-electron chi connectivity index (χ3n) is 4.20. The molecule has 2 atom stereocenters.